The summed E-state index contributed by atoms with van der Waals surface area (Å²) in [5.74, 6) is 1.06. The zero-order chi connectivity index (χ0) is 19.1. The van der Waals surface area contributed by atoms with Crippen LogP contribution in [-0.2, 0) is 9.53 Å². The number of benzene rings is 1. The lowest BCUT2D eigenvalue weighted by atomic mass is 10.3. The van der Waals surface area contributed by atoms with Gasteiger partial charge in [0.1, 0.15) is 0 Å². The van der Waals surface area contributed by atoms with Crippen molar-refractivity contribution in [3.05, 3.63) is 29.3 Å². The van der Waals surface area contributed by atoms with Crippen molar-refractivity contribution in [2.75, 3.05) is 44.0 Å². The van der Waals surface area contributed by atoms with Gasteiger partial charge in [0.15, 0.2) is 5.16 Å². The zero-order valence-electron chi connectivity index (χ0n) is 15.4. The summed E-state index contributed by atoms with van der Waals surface area (Å²) in [6.45, 7) is 3.16. The van der Waals surface area contributed by atoms with Crippen molar-refractivity contribution in [3.8, 4) is 5.69 Å². The molecular formula is C18H24ClN5O2S. The Morgan fingerprint density at radius 2 is 2.15 bits per heavy atom. The van der Waals surface area contributed by atoms with Crippen LogP contribution in [0.2, 0.25) is 5.02 Å². The number of nitrogens with zero attached hydrogens (tertiary/aromatic N) is 4. The number of carbonyl (C=O) groups excluding carboxylic acids is 1. The summed E-state index contributed by atoms with van der Waals surface area (Å²) in [4.78, 5) is 14.3. The molecule has 0 spiro atoms. The molecule has 0 unspecified atom stereocenters. The summed E-state index contributed by atoms with van der Waals surface area (Å²) in [7, 11) is 1.65. The Morgan fingerprint density at radius 1 is 1.33 bits per heavy atom. The molecule has 1 aliphatic rings. The minimum absolute atomic E-state index is 0.0283. The summed E-state index contributed by atoms with van der Waals surface area (Å²) in [6.07, 6.45) is 3.09. The van der Waals surface area contributed by atoms with Gasteiger partial charge in [-0.15, -0.1) is 10.2 Å². The van der Waals surface area contributed by atoms with E-state index in [-0.39, 0.29) is 11.7 Å². The lowest BCUT2D eigenvalue weighted by Crippen LogP contribution is -2.27. The predicted octanol–water partition coefficient (Wildman–Crippen LogP) is 2.77. The van der Waals surface area contributed by atoms with Crippen molar-refractivity contribution in [1.82, 2.24) is 20.1 Å². The number of anilines is 1. The number of halogens is 1. The van der Waals surface area contributed by atoms with Gasteiger partial charge in [0.25, 0.3) is 0 Å². The average Bonchev–Trinajstić information content (AvgIpc) is 3.32. The van der Waals surface area contributed by atoms with E-state index in [1.165, 1.54) is 11.8 Å². The highest BCUT2D eigenvalue weighted by Crippen LogP contribution is 2.29. The third-order valence-electron chi connectivity index (χ3n) is 4.25. The van der Waals surface area contributed by atoms with E-state index in [0.717, 1.165) is 44.0 Å². The number of aromatic nitrogens is 3. The third-order valence-corrected chi connectivity index (χ3v) is 5.42. The molecule has 1 aromatic heterocycles. The summed E-state index contributed by atoms with van der Waals surface area (Å²) in [5.41, 5.74) is 0.900. The van der Waals surface area contributed by atoms with Crippen LogP contribution in [0.3, 0.4) is 0 Å². The van der Waals surface area contributed by atoms with Crippen molar-refractivity contribution in [2.45, 2.75) is 24.4 Å². The second-order valence-corrected chi connectivity index (χ2v) is 7.66. The van der Waals surface area contributed by atoms with Crippen LogP contribution in [0, 0.1) is 0 Å². The van der Waals surface area contributed by atoms with Gasteiger partial charge >= 0.3 is 0 Å². The minimum atomic E-state index is -0.0283. The molecule has 1 aliphatic heterocycles. The van der Waals surface area contributed by atoms with Crippen LogP contribution in [0.1, 0.15) is 19.3 Å². The monoisotopic (exact) mass is 409 g/mol. The van der Waals surface area contributed by atoms with Gasteiger partial charge in [-0.3, -0.25) is 9.36 Å². The van der Waals surface area contributed by atoms with Gasteiger partial charge < -0.3 is 15.0 Å². The lowest BCUT2D eigenvalue weighted by molar-refractivity contribution is -0.118. The summed E-state index contributed by atoms with van der Waals surface area (Å²) in [6, 6.07) is 7.61. The van der Waals surface area contributed by atoms with Crippen LogP contribution >= 0.6 is 23.4 Å². The quantitative estimate of drug-likeness (QED) is 0.507. The SMILES string of the molecule is COCCCNC(=O)CSc1nnc(N2CCCC2)n1-c1cccc(Cl)c1. The van der Waals surface area contributed by atoms with Gasteiger partial charge in [-0.1, -0.05) is 29.4 Å². The molecule has 1 amide bonds. The Labute approximate surface area is 168 Å². The molecule has 0 saturated carbocycles. The third kappa shape index (κ3) is 5.37. The Balaban J connectivity index is 1.74. The van der Waals surface area contributed by atoms with Crippen molar-refractivity contribution < 1.29 is 9.53 Å². The van der Waals surface area contributed by atoms with Crippen LogP contribution in [0.25, 0.3) is 5.69 Å². The molecule has 1 saturated heterocycles. The van der Waals surface area contributed by atoms with Crippen LogP contribution in [0.15, 0.2) is 29.4 Å². The normalized spacial score (nSPS) is 13.9. The first-order valence-electron chi connectivity index (χ1n) is 9.04. The molecule has 2 heterocycles. The molecule has 3 rings (SSSR count). The average molecular weight is 410 g/mol. The number of methoxy groups -OCH3 is 1. The minimum Gasteiger partial charge on any atom is -0.385 e. The van der Waals surface area contributed by atoms with E-state index in [1.807, 2.05) is 28.8 Å². The van der Waals surface area contributed by atoms with Crippen molar-refractivity contribution in [3.63, 3.8) is 0 Å². The van der Waals surface area contributed by atoms with Crippen molar-refractivity contribution in [1.29, 1.82) is 0 Å². The zero-order valence-corrected chi connectivity index (χ0v) is 16.9. The van der Waals surface area contributed by atoms with E-state index in [4.69, 9.17) is 16.3 Å². The first kappa shape index (κ1) is 20.0. The highest BCUT2D eigenvalue weighted by Gasteiger charge is 2.23. The summed E-state index contributed by atoms with van der Waals surface area (Å²) < 4.78 is 6.97. The van der Waals surface area contributed by atoms with Crippen LogP contribution < -0.4 is 10.2 Å². The second kappa shape index (κ2) is 9.96. The maximum atomic E-state index is 12.1. The molecule has 27 heavy (non-hydrogen) atoms. The molecule has 0 atom stereocenters. The van der Waals surface area contributed by atoms with Crippen LogP contribution in [0.4, 0.5) is 5.95 Å². The number of rotatable bonds is 9. The standard InChI is InChI=1S/C18H24ClN5O2S/c1-26-11-5-8-20-16(25)13-27-18-22-21-17(23-9-2-3-10-23)24(18)15-7-4-6-14(19)12-15/h4,6-7,12H,2-3,5,8-11,13H2,1H3,(H,20,25). The Morgan fingerprint density at radius 3 is 2.89 bits per heavy atom. The van der Waals surface area contributed by atoms with Gasteiger partial charge in [-0.2, -0.15) is 0 Å². The Bertz CT molecular complexity index is 764. The highest BCUT2D eigenvalue weighted by atomic mass is 35.5. The first-order chi connectivity index (χ1) is 13.2. The fourth-order valence-corrected chi connectivity index (χ4v) is 3.91. The van der Waals surface area contributed by atoms with E-state index in [9.17, 15) is 4.79 Å². The molecule has 7 nitrogen and oxygen atoms in total. The molecule has 0 aliphatic carbocycles. The summed E-state index contributed by atoms with van der Waals surface area (Å²) >= 11 is 7.56. The fourth-order valence-electron chi connectivity index (χ4n) is 2.94. The number of nitrogens with one attached hydrogen (secondary N) is 1. The lowest BCUT2D eigenvalue weighted by Gasteiger charge is -2.18. The largest absolute Gasteiger partial charge is 0.385 e. The number of carbonyl (C=O) groups is 1. The van der Waals surface area contributed by atoms with Gasteiger partial charge in [-0.25, -0.2) is 0 Å². The number of thioether (sulfide) groups is 1. The van der Waals surface area contributed by atoms with Crippen molar-refractivity contribution in [2.24, 2.45) is 0 Å². The van der Waals surface area contributed by atoms with E-state index in [2.05, 4.69) is 20.4 Å². The maximum Gasteiger partial charge on any atom is 0.232 e. The molecule has 2 aromatic rings. The smallest absolute Gasteiger partial charge is 0.232 e. The molecule has 1 N–H and O–H groups in total. The number of hydrogen-bond donors (Lipinski definition) is 1. The molecule has 146 valence electrons. The molecule has 0 bridgehead atoms. The van der Waals surface area contributed by atoms with E-state index < -0.39 is 0 Å². The van der Waals surface area contributed by atoms with Gasteiger partial charge in [0.2, 0.25) is 11.9 Å². The Hall–Kier alpha value is -1.77. The number of hydrogen-bond acceptors (Lipinski definition) is 6. The van der Waals surface area contributed by atoms with Crippen molar-refractivity contribution >= 4 is 35.2 Å². The van der Waals surface area contributed by atoms with Crippen LogP contribution in [0.5, 0.6) is 0 Å². The number of amides is 1. The highest BCUT2D eigenvalue weighted by molar-refractivity contribution is 7.99. The van der Waals surface area contributed by atoms with Gasteiger partial charge in [-0.05, 0) is 37.5 Å². The van der Waals surface area contributed by atoms with E-state index >= 15 is 0 Å². The number of ether oxygens (including phenoxy) is 1. The molecule has 9 heteroatoms. The molecular weight excluding hydrogens is 386 g/mol. The van der Waals surface area contributed by atoms with Gasteiger partial charge in [0.05, 0.1) is 11.4 Å². The first-order valence-corrected chi connectivity index (χ1v) is 10.4. The molecule has 1 aromatic carbocycles. The molecule has 0 radical (unpaired) electrons. The predicted molar refractivity (Wildman–Crippen MR) is 108 cm³/mol. The van der Waals surface area contributed by atoms with Gasteiger partial charge in [0, 0.05) is 38.4 Å². The van der Waals surface area contributed by atoms with Crippen LogP contribution in [-0.4, -0.2) is 59.8 Å². The topological polar surface area (TPSA) is 72.3 Å². The van der Waals surface area contributed by atoms with E-state index in [0.29, 0.717) is 23.3 Å². The second-order valence-electron chi connectivity index (χ2n) is 6.28. The summed E-state index contributed by atoms with van der Waals surface area (Å²) in [5, 5.41) is 13.0. The molecule has 1 fully saturated rings. The Kier molecular flexibility index (Phi) is 7.37. The fraction of sp³-hybridized carbons (Fsp3) is 0.500. The van der Waals surface area contributed by atoms with E-state index in [1.54, 1.807) is 7.11 Å². The maximum absolute atomic E-state index is 12.1.